The molecule has 3 N–H and O–H groups in total. The largest absolute Gasteiger partial charge is 0.390 e. The van der Waals surface area contributed by atoms with Gasteiger partial charge in [0.1, 0.15) is 12.2 Å². The minimum atomic E-state index is -3.99. The normalized spacial score (nSPS) is 30.3. The van der Waals surface area contributed by atoms with Crippen molar-refractivity contribution in [2.75, 3.05) is 6.61 Å². The van der Waals surface area contributed by atoms with E-state index in [9.17, 15) is 23.7 Å². The van der Waals surface area contributed by atoms with Gasteiger partial charge in [0.05, 0.1) is 17.6 Å². The first-order chi connectivity index (χ1) is 9.79. The van der Waals surface area contributed by atoms with E-state index in [0.29, 0.717) is 0 Å². The lowest BCUT2D eigenvalue weighted by atomic mass is 10.0. The molecular weight excluding hydrogens is 300 g/mol. The Balaban J connectivity index is 2.02. The van der Waals surface area contributed by atoms with E-state index < -0.39 is 41.3 Å². The van der Waals surface area contributed by atoms with Gasteiger partial charge in [0.15, 0.2) is 6.29 Å². The topological polar surface area (TPSA) is 113 Å². The summed E-state index contributed by atoms with van der Waals surface area (Å²) in [6, 6.07) is 6.09. The Morgan fingerprint density at radius 2 is 1.86 bits per heavy atom. The van der Waals surface area contributed by atoms with Crippen molar-refractivity contribution >= 4 is 10.1 Å². The summed E-state index contributed by atoms with van der Waals surface area (Å²) in [4.78, 5) is -0.0144. The van der Waals surface area contributed by atoms with Crippen LogP contribution in [0.1, 0.15) is 12.0 Å². The van der Waals surface area contributed by atoms with Crippen LogP contribution < -0.4 is 0 Å². The van der Waals surface area contributed by atoms with Crippen molar-refractivity contribution in [2.45, 2.75) is 42.8 Å². The summed E-state index contributed by atoms with van der Waals surface area (Å²) in [5.74, 6) is 0. The van der Waals surface area contributed by atoms with Crippen molar-refractivity contribution in [3.8, 4) is 0 Å². The Morgan fingerprint density at radius 3 is 2.48 bits per heavy atom. The molecule has 1 aromatic rings. The molecule has 2 rings (SSSR count). The van der Waals surface area contributed by atoms with Crippen LogP contribution in [0.25, 0.3) is 0 Å². The molecule has 1 aromatic carbocycles. The van der Waals surface area contributed by atoms with Crippen LogP contribution in [-0.4, -0.2) is 54.9 Å². The third-order valence-corrected chi connectivity index (χ3v) is 4.54. The summed E-state index contributed by atoms with van der Waals surface area (Å²) < 4.78 is 33.7. The minimum absolute atomic E-state index is 0.0144. The molecule has 0 saturated carbocycles. The van der Waals surface area contributed by atoms with Crippen LogP contribution in [0, 0.1) is 6.92 Å². The van der Waals surface area contributed by atoms with E-state index in [4.69, 9.17) is 8.92 Å². The molecule has 1 aliphatic rings. The number of benzene rings is 1. The van der Waals surface area contributed by atoms with Gasteiger partial charge in [-0.3, -0.25) is 4.18 Å². The second kappa shape index (κ2) is 6.39. The van der Waals surface area contributed by atoms with Gasteiger partial charge in [-0.1, -0.05) is 17.7 Å². The summed E-state index contributed by atoms with van der Waals surface area (Å²) in [5.41, 5.74) is 0.909. The number of hydrogen-bond acceptors (Lipinski definition) is 7. The minimum Gasteiger partial charge on any atom is -0.390 e. The fourth-order valence-electron chi connectivity index (χ4n) is 2.00. The lowest BCUT2D eigenvalue weighted by Crippen LogP contribution is -2.50. The lowest BCUT2D eigenvalue weighted by Gasteiger charge is -2.34. The Bertz CT molecular complexity index is 569. The van der Waals surface area contributed by atoms with Gasteiger partial charge in [0.25, 0.3) is 10.1 Å². The average Bonchev–Trinajstić information content (AvgIpc) is 2.42. The van der Waals surface area contributed by atoms with Gasteiger partial charge in [-0.2, -0.15) is 8.42 Å². The Labute approximate surface area is 122 Å². The molecule has 1 saturated heterocycles. The number of hydrogen-bond donors (Lipinski definition) is 3. The van der Waals surface area contributed by atoms with Crippen molar-refractivity contribution in [3.05, 3.63) is 29.8 Å². The first kappa shape index (κ1) is 16.3. The fraction of sp³-hybridized carbons (Fsp3) is 0.538. The van der Waals surface area contributed by atoms with E-state index in [1.807, 2.05) is 6.92 Å². The van der Waals surface area contributed by atoms with Crippen LogP contribution >= 0.6 is 0 Å². The average molecular weight is 318 g/mol. The zero-order valence-electron chi connectivity index (χ0n) is 11.4. The summed E-state index contributed by atoms with van der Waals surface area (Å²) in [6.45, 7) is 1.33. The predicted molar refractivity (Wildman–Crippen MR) is 71.8 cm³/mol. The summed E-state index contributed by atoms with van der Waals surface area (Å²) in [7, 11) is -3.99. The molecule has 1 aliphatic heterocycles. The van der Waals surface area contributed by atoms with E-state index in [0.717, 1.165) is 5.56 Å². The molecule has 0 spiro atoms. The predicted octanol–water partition coefficient (Wildman–Crippen LogP) is -0.471. The molecule has 0 aromatic heterocycles. The van der Waals surface area contributed by atoms with Crippen LogP contribution in [0.3, 0.4) is 0 Å². The molecule has 1 fully saturated rings. The smallest absolute Gasteiger partial charge is 0.297 e. The highest BCUT2D eigenvalue weighted by molar-refractivity contribution is 7.86. The molecule has 0 aliphatic carbocycles. The SMILES string of the molecule is Cc1ccc(S(=O)(=O)OCC2OC(O)CC(O)C2O)cc1. The maximum atomic E-state index is 12.0. The van der Waals surface area contributed by atoms with E-state index in [2.05, 4.69) is 0 Å². The second-order valence-electron chi connectivity index (χ2n) is 4.97. The highest BCUT2D eigenvalue weighted by Crippen LogP contribution is 2.21. The summed E-state index contributed by atoms with van der Waals surface area (Å²) >= 11 is 0. The second-order valence-corrected chi connectivity index (χ2v) is 6.59. The first-order valence-electron chi connectivity index (χ1n) is 6.45. The highest BCUT2D eigenvalue weighted by atomic mass is 32.2. The van der Waals surface area contributed by atoms with Gasteiger partial charge < -0.3 is 20.1 Å². The van der Waals surface area contributed by atoms with Crippen LogP contribution in [0.15, 0.2) is 29.2 Å². The Hall–Kier alpha value is -1.03. The van der Waals surface area contributed by atoms with Gasteiger partial charge in [0, 0.05) is 6.42 Å². The van der Waals surface area contributed by atoms with Gasteiger partial charge >= 0.3 is 0 Å². The third kappa shape index (κ3) is 4.00. The molecule has 1 heterocycles. The van der Waals surface area contributed by atoms with Crippen molar-refractivity contribution in [3.63, 3.8) is 0 Å². The molecule has 4 atom stereocenters. The molecule has 7 nitrogen and oxygen atoms in total. The number of aryl methyl sites for hydroxylation is 1. The van der Waals surface area contributed by atoms with Crippen molar-refractivity contribution in [1.82, 2.24) is 0 Å². The molecule has 21 heavy (non-hydrogen) atoms. The number of ether oxygens (including phenoxy) is 1. The highest BCUT2D eigenvalue weighted by Gasteiger charge is 2.37. The van der Waals surface area contributed by atoms with Crippen LogP contribution in [-0.2, 0) is 19.0 Å². The molecule has 0 amide bonds. The van der Waals surface area contributed by atoms with Gasteiger partial charge in [0.2, 0.25) is 0 Å². The zero-order chi connectivity index (χ0) is 15.6. The zero-order valence-corrected chi connectivity index (χ0v) is 12.2. The molecule has 8 heteroatoms. The van der Waals surface area contributed by atoms with E-state index in [-0.39, 0.29) is 11.3 Å². The number of aliphatic hydroxyl groups excluding tert-OH is 3. The van der Waals surface area contributed by atoms with E-state index in [1.165, 1.54) is 12.1 Å². The van der Waals surface area contributed by atoms with Crippen molar-refractivity contribution < 1.29 is 32.7 Å². The first-order valence-corrected chi connectivity index (χ1v) is 7.86. The molecule has 118 valence electrons. The Morgan fingerprint density at radius 1 is 1.24 bits per heavy atom. The molecule has 0 radical (unpaired) electrons. The van der Waals surface area contributed by atoms with Crippen molar-refractivity contribution in [2.24, 2.45) is 0 Å². The number of aliphatic hydroxyl groups is 3. The van der Waals surface area contributed by atoms with Crippen LogP contribution in [0.4, 0.5) is 0 Å². The molecule has 4 unspecified atom stereocenters. The maximum Gasteiger partial charge on any atom is 0.297 e. The number of rotatable bonds is 4. The summed E-state index contributed by atoms with van der Waals surface area (Å²) in [5, 5.41) is 28.5. The lowest BCUT2D eigenvalue weighted by molar-refractivity contribution is -0.237. The fourth-order valence-corrected chi connectivity index (χ4v) is 2.92. The van der Waals surface area contributed by atoms with Gasteiger partial charge in [-0.25, -0.2) is 0 Å². The molecular formula is C13H18O7S. The monoisotopic (exact) mass is 318 g/mol. The maximum absolute atomic E-state index is 12.0. The van der Waals surface area contributed by atoms with E-state index in [1.54, 1.807) is 12.1 Å². The van der Waals surface area contributed by atoms with Crippen LogP contribution in [0.5, 0.6) is 0 Å². The Kier molecular flexibility index (Phi) is 4.97. The molecule has 0 bridgehead atoms. The van der Waals surface area contributed by atoms with E-state index >= 15 is 0 Å². The quantitative estimate of drug-likeness (QED) is 0.643. The summed E-state index contributed by atoms with van der Waals surface area (Å²) in [6.07, 6.45) is -5.03. The van der Waals surface area contributed by atoms with Gasteiger partial charge in [-0.15, -0.1) is 0 Å². The third-order valence-electron chi connectivity index (χ3n) is 3.25. The standard InChI is InChI=1S/C13H18O7S/c1-8-2-4-9(5-3-8)21(17,18)19-7-11-13(16)10(14)6-12(15)20-11/h2-5,10-16H,6-7H2,1H3. The van der Waals surface area contributed by atoms with Crippen LogP contribution in [0.2, 0.25) is 0 Å². The van der Waals surface area contributed by atoms with Crippen molar-refractivity contribution in [1.29, 1.82) is 0 Å². The van der Waals surface area contributed by atoms with Gasteiger partial charge in [-0.05, 0) is 19.1 Å².